The van der Waals surface area contributed by atoms with Crippen LogP contribution < -0.4 is 4.90 Å². The summed E-state index contributed by atoms with van der Waals surface area (Å²) in [6.45, 7) is 1.18. The summed E-state index contributed by atoms with van der Waals surface area (Å²) in [5.74, 6) is -0.696. The van der Waals surface area contributed by atoms with Gasteiger partial charge in [0, 0.05) is 24.0 Å². The minimum Gasteiger partial charge on any atom is -0.465 e. The number of hydrogen-bond acceptors (Lipinski definition) is 6. The number of halogens is 1. The number of hydrogen-bond donors (Lipinski definition) is 0. The SMILES string of the molecule is COC(=O)c1cc([N+](=O)[O-])c(N2CC=C(c3cccs3)CC2)cc1Cl. The number of anilines is 1. The van der Waals surface area contributed by atoms with E-state index in [0.29, 0.717) is 18.8 Å². The van der Waals surface area contributed by atoms with Crippen LogP contribution >= 0.6 is 22.9 Å². The van der Waals surface area contributed by atoms with Crippen molar-refractivity contribution >= 4 is 45.9 Å². The maximum Gasteiger partial charge on any atom is 0.339 e. The Bertz CT molecular complexity index is 849. The molecule has 0 unspecified atom stereocenters. The van der Waals surface area contributed by atoms with E-state index in [1.54, 1.807) is 11.3 Å². The molecule has 0 saturated carbocycles. The lowest BCUT2D eigenvalue weighted by Gasteiger charge is -2.28. The molecule has 0 radical (unpaired) electrons. The molecule has 0 amide bonds. The quantitative estimate of drug-likeness (QED) is 0.448. The average Bonchev–Trinajstić information content (AvgIpc) is 3.15. The molecule has 2 aromatic rings. The van der Waals surface area contributed by atoms with Crippen molar-refractivity contribution in [3.05, 3.63) is 61.3 Å². The maximum atomic E-state index is 11.7. The van der Waals surface area contributed by atoms with Gasteiger partial charge in [-0.3, -0.25) is 10.1 Å². The van der Waals surface area contributed by atoms with Gasteiger partial charge in [0.25, 0.3) is 5.69 Å². The Kier molecular flexibility index (Phi) is 5.06. The van der Waals surface area contributed by atoms with Crippen molar-refractivity contribution in [1.82, 2.24) is 0 Å². The molecule has 3 rings (SSSR count). The number of methoxy groups -OCH3 is 1. The number of rotatable bonds is 4. The largest absolute Gasteiger partial charge is 0.465 e. The lowest BCUT2D eigenvalue weighted by Crippen LogP contribution is -2.29. The molecule has 8 heteroatoms. The molecule has 1 aromatic carbocycles. The van der Waals surface area contributed by atoms with Gasteiger partial charge in [0.05, 0.1) is 22.6 Å². The second kappa shape index (κ2) is 7.25. The van der Waals surface area contributed by atoms with Crippen LogP contribution in [0.25, 0.3) is 5.57 Å². The highest BCUT2D eigenvalue weighted by atomic mass is 35.5. The first-order chi connectivity index (χ1) is 12.0. The smallest absolute Gasteiger partial charge is 0.339 e. The van der Waals surface area contributed by atoms with Gasteiger partial charge in [0.1, 0.15) is 5.69 Å². The zero-order chi connectivity index (χ0) is 18.0. The van der Waals surface area contributed by atoms with E-state index in [1.165, 1.54) is 29.7 Å². The molecule has 0 atom stereocenters. The van der Waals surface area contributed by atoms with E-state index in [4.69, 9.17) is 11.6 Å². The number of nitro benzene ring substituents is 1. The van der Waals surface area contributed by atoms with Crippen LogP contribution in [0.5, 0.6) is 0 Å². The molecule has 0 spiro atoms. The Morgan fingerprint density at radius 3 is 2.80 bits per heavy atom. The third-order valence-corrected chi connectivity index (χ3v) is 5.31. The molecule has 1 aliphatic rings. The van der Waals surface area contributed by atoms with E-state index in [2.05, 4.69) is 16.9 Å². The van der Waals surface area contributed by atoms with Crippen LogP contribution in [0.2, 0.25) is 5.02 Å². The fourth-order valence-electron chi connectivity index (χ4n) is 2.79. The topological polar surface area (TPSA) is 72.7 Å². The predicted molar refractivity (Wildman–Crippen MR) is 98.6 cm³/mol. The average molecular weight is 379 g/mol. The Hall–Kier alpha value is -2.38. The van der Waals surface area contributed by atoms with Crippen molar-refractivity contribution in [3.63, 3.8) is 0 Å². The third kappa shape index (κ3) is 3.52. The molecule has 2 heterocycles. The summed E-state index contributed by atoms with van der Waals surface area (Å²) >= 11 is 7.82. The standard InChI is InChI=1S/C17H15ClN2O4S/c1-24-17(21)12-9-15(20(22)23)14(10-13(12)18)19-6-4-11(5-7-19)16-3-2-8-25-16/h2-4,8-10H,5-7H2,1H3. The number of esters is 1. The van der Waals surface area contributed by atoms with Crippen LogP contribution in [0.1, 0.15) is 21.7 Å². The highest BCUT2D eigenvalue weighted by Gasteiger charge is 2.26. The van der Waals surface area contributed by atoms with Gasteiger partial charge in [-0.2, -0.15) is 0 Å². The lowest BCUT2D eigenvalue weighted by atomic mass is 10.0. The van der Waals surface area contributed by atoms with Crippen molar-refractivity contribution in [2.75, 3.05) is 25.1 Å². The molecule has 25 heavy (non-hydrogen) atoms. The second-order valence-electron chi connectivity index (χ2n) is 5.47. The monoisotopic (exact) mass is 378 g/mol. The van der Waals surface area contributed by atoms with E-state index in [1.807, 2.05) is 16.3 Å². The Morgan fingerprint density at radius 2 is 2.24 bits per heavy atom. The highest BCUT2D eigenvalue weighted by molar-refractivity contribution is 7.11. The summed E-state index contributed by atoms with van der Waals surface area (Å²) in [7, 11) is 1.21. The van der Waals surface area contributed by atoms with E-state index in [0.717, 1.165) is 6.42 Å². The van der Waals surface area contributed by atoms with E-state index in [-0.39, 0.29) is 16.3 Å². The predicted octanol–water partition coefficient (Wildman–Crippen LogP) is 4.39. The fraction of sp³-hybridized carbons (Fsp3) is 0.235. The molecule has 130 valence electrons. The molecule has 6 nitrogen and oxygen atoms in total. The number of benzene rings is 1. The van der Waals surface area contributed by atoms with E-state index >= 15 is 0 Å². The number of nitro groups is 1. The first-order valence-corrected chi connectivity index (χ1v) is 8.81. The maximum absolute atomic E-state index is 11.7. The van der Waals surface area contributed by atoms with Crippen LogP contribution in [-0.4, -0.2) is 31.1 Å². The van der Waals surface area contributed by atoms with Gasteiger partial charge >= 0.3 is 5.97 Å². The Morgan fingerprint density at radius 1 is 1.44 bits per heavy atom. The number of carbonyl (C=O) groups excluding carboxylic acids is 1. The highest BCUT2D eigenvalue weighted by Crippen LogP contribution is 2.36. The summed E-state index contributed by atoms with van der Waals surface area (Å²) in [5, 5.41) is 13.6. The fourth-order valence-corrected chi connectivity index (χ4v) is 3.82. The first kappa shape index (κ1) is 17.4. The molecular formula is C17H15ClN2O4S. The molecule has 0 fully saturated rings. The summed E-state index contributed by atoms with van der Waals surface area (Å²) in [4.78, 5) is 25.8. The van der Waals surface area contributed by atoms with Crippen LogP contribution in [-0.2, 0) is 4.74 Å². The minimum atomic E-state index is -0.696. The van der Waals surface area contributed by atoms with Crippen molar-refractivity contribution in [1.29, 1.82) is 0 Å². The molecule has 0 N–H and O–H groups in total. The molecule has 1 aromatic heterocycles. The Balaban J connectivity index is 1.93. The summed E-state index contributed by atoms with van der Waals surface area (Å²) in [6.07, 6.45) is 2.86. The first-order valence-electron chi connectivity index (χ1n) is 7.55. The van der Waals surface area contributed by atoms with Gasteiger partial charge in [0.15, 0.2) is 0 Å². The number of carbonyl (C=O) groups is 1. The lowest BCUT2D eigenvalue weighted by molar-refractivity contribution is -0.384. The molecule has 1 aliphatic heterocycles. The van der Waals surface area contributed by atoms with Gasteiger partial charge in [0.2, 0.25) is 0 Å². The van der Waals surface area contributed by atoms with Crippen molar-refractivity contribution < 1.29 is 14.5 Å². The summed E-state index contributed by atoms with van der Waals surface area (Å²) < 4.78 is 4.62. The Labute approximate surface area is 153 Å². The zero-order valence-electron chi connectivity index (χ0n) is 13.4. The normalized spacial score (nSPS) is 14.2. The van der Waals surface area contributed by atoms with Crippen molar-refractivity contribution in [2.24, 2.45) is 0 Å². The number of ether oxygens (including phenoxy) is 1. The van der Waals surface area contributed by atoms with E-state index < -0.39 is 10.9 Å². The number of thiophene rings is 1. The third-order valence-electron chi connectivity index (χ3n) is 4.05. The van der Waals surface area contributed by atoms with Crippen LogP contribution in [0.15, 0.2) is 35.7 Å². The molecule has 0 bridgehead atoms. The van der Waals surface area contributed by atoms with Crippen molar-refractivity contribution in [3.8, 4) is 0 Å². The van der Waals surface area contributed by atoms with Gasteiger partial charge in [-0.15, -0.1) is 11.3 Å². The van der Waals surface area contributed by atoms with Gasteiger partial charge in [-0.05, 0) is 29.5 Å². The summed E-state index contributed by atoms with van der Waals surface area (Å²) in [6, 6.07) is 6.72. The molecule has 0 aliphatic carbocycles. The van der Waals surface area contributed by atoms with Gasteiger partial charge in [-0.25, -0.2) is 4.79 Å². The van der Waals surface area contributed by atoms with E-state index in [9.17, 15) is 14.9 Å². The minimum absolute atomic E-state index is 0.00792. The second-order valence-corrected chi connectivity index (χ2v) is 6.83. The summed E-state index contributed by atoms with van der Waals surface area (Å²) in [5.41, 5.74) is 1.49. The van der Waals surface area contributed by atoms with Gasteiger partial charge in [-0.1, -0.05) is 23.7 Å². The van der Waals surface area contributed by atoms with Crippen molar-refractivity contribution in [2.45, 2.75) is 6.42 Å². The van der Waals surface area contributed by atoms with Crippen LogP contribution in [0.3, 0.4) is 0 Å². The number of nitrogens with zero attached hydrogens (tertiary/aromatic N) is 2. The van der Waals surface area contributed by atoms with Crippen LogP contribution in [0.4, 0.5) is 11.4 Å². The molecule has 0 saturated heterocycles. The van der Waals surface area contributed by atoms with Crippen LogP contribution in [0, 0.1) is 10.1 Å². The zero-order valence-corrected chi connectivity index (χ0v) is 15.0. The molecular weight excluding hydrogens is 364 g/mol. The van der Waals surface area contributed by atoms with Gasteiger partial charge < -0.3 is 9.64 Å².